The summed E-state index contributed by atoms with van der Waals surface area (Å²) in [5, 5.41) is 3.62. The summed E-state index contributed by atoms with van der Waals surface area (Å²) in [7, 11) is 0. The van der Waals surface area contributed by atoms with E-state index in [1.165, 1.54) is 0 Å². The fraction of sp³-hybridized carbons (Fsp3) is 0.250. The largest absolute Gasteiger partial charge is 0.488 e. The molecule has 0 aliphatic carbocycles. The Hall–Kier alpha value is -1.33. The zero-order valence-electron chi connectivity index (χ0n) is 9.23. The maximum atomic E-state index is 5.71. The Morgan fingerprint density at radius 2 is 2.29 bits per heavy atom. The number of ether oxygens (including phenoxy) is 1. The van der Waals surface area contributed by atoms with Crippen LogP contribution in [0.4, 0.5) is 0 Å². The van der Waals surface area contributed by atoms with Crippen molar-refractivity contribution in [2.75, 3.05) is 6.54 Å². The minimum absolute atomic E-state index is 0.447. The lowest BCUT2D eigenvalue weighted by atomic mass is 10.1. The molecule has 17 heavy (non-hydrogen) atoms. The zero-order valence-corrected chi connectivity index (χ0v) is 10.8. The van der Waals surface area contributed by atoms with Crippen LogP contribution in [0.1, 0.15) is 11.1 Å². The summed E-state index contributed by atoms with van der Waals surface area (Å²) in [5.41, 5.74) is 7.58. The summed E-state index contributed by atoms with van der Waals surface area (Å²) in [4.78, 5) is 0. The van der Waals surface area contributed by atoms with Gasteiger partial charge in [0.05, 0.1) is 6.20 Å². The molecule has 0 unspecified atom stereocenters. The van der Waals surface area contributed by atoms with Crippen molar-refractivity contribution in [3.63, 3.8) is 0 Å². The van der Waals surface area contributed by atoms with Gasteiger partial charge < -0.3 is 15.0 Å². The van der Waals surface area contributed by atoms with E-state index in [1.807, 2.05) is 18.2 Å². The molecule has 2 rings (SSSR count). The van der Waals surface area contributed by atoms with Gasteiger partial charge in [-0.15, -0.1) is 0 Å². The molecule has 0 spiro atoms. The van der Waals surface area contributed by atoms with Crippen molar-refractivity contribution in [2.45, 2.75) is 13.0 Å². The van der Waals surface area contributed by atoms with Crippen LogP contribution in [0.15, 0.2) is 39.7 Å². The molecule has 0 radical (unpaired) electrons. The van der Waals surface area contributed by atoms with E-state index < -0.39 is 0 Å². The summed E-state index contributed by atoms with van der Waals surface area (Å²) in [5.74, 6) is 0.847. The fourth-order valence-electron chi connectivity index (χ4n) is 1.50. The molecule has 90 valence electrons. The van der Waals surface area contributed by atoms with Gasteiger partial charge in [-0.05, 0) is 36.7 Å². The van der Waals surface area contributed by atoms with Crippen LogP contribution < -0.4 is 10.5 Å². The third kappa shape index (κ3) is 3.31. The van der Waals surface area contributed by atoms with Gasteiger partial charge in [-0.3, -0.25) is 0 Å². The Kier molecular flexibility index (Phi) is 4.17. The van der Waals surface area contributed by atoms with E-state index in [-0.39, 0.29) is 0 Å². The molecule has 0 atom stereocenters. The van der Waals surface area contributed by atoms with Gasteiger partial charge in [0.15, 0.2) is 0 Å². The van der Waals surface area contributed by atoms with Crippen molar-refractivity contribution in [3.8, 4) is 5.75 Å². The molecule has 0 fully saturated rings. The van der Waals surface area contributed by atoms with Crippen LogP contribution >= 0.6 is 15.9 Å². The molecule has 0 bridgehead atoms. The quantitative estimate of drug-likeness (QED) is 0.921. The number of nitrogens with two attached hydrogens (primary N) is 1. The highest BCUT2D eigenvalue weighted by Gasteiger charge is 2.05. The second kappa shape index (κ2) is 5.84. The second-order valence-electron chi connectivity index (χ2n) is 3.61. The Morgan fingerprint density at radius 3 is 3.00 bits per heavy atom. The average Bonchev–Trinajstić information content (AvgIpc) is 2.81. The van der Waals surface area contributed by atoms with Gasteiger partial charge in [-0.25, -0.2) is 0 Å². The number of hydrogen-bond acceptors (Lipinski definition) is 4. The lowest BCUT2D eigenvalue weighted by Gasteiger charge is -2.10. The van der Waals surface area contributed by atoms with Crippen molar-refractivity contribution in [2.24, 2.45) is 5.73 Å². The molecule has 0 saturated heterocycles. The van der Waals surface area contributed by atoms with Crippen molar-refractivity contribution in [1.29, 1.82) is 0 Å². The molecule has 1 aromatic heterocycles. The number of aromatic nitrogens is 1. The first-order valence-electron chi connectivity index (χ1n) is 5.29. The van der Waals surface area contributed by atoms with Gasteiger partial charge in [-0.1, -0.05) is 21.1 Å². The van der Waals surface area contributed by atoms with Crippen molar-refractivity contribution in [3.05, 3.63) is 46.3 Å². The fourth-order valence-corrected chi connectivity index (χ4v) is 1.91. The van der Waals surface area contributed by atoms with Crippen molar-refractivity contribution >= 4 is 15.9 Å². The Balaban J connectivity index is 2.08. The number of benzene rings is 1. The monoisotopic (exact) mass is 296 g/mol. The molecular weight excluding hydrogens is 284 g/mol. The van der Waals surface area contributed by atoms with Gasteiger partial charge in [0, 0.05) is 10.0 Å². The summed E-state index contributed by atoms with van der Waals surface area (Å²) >= 11 is 3.43. The summed E-state index contributed by atoms with van der Waals surface area (Å²) in [6.45, 7) is 1.04. The predicted molar refractivity (Wildman–Crippen MR) is 67.7 cm³/mol. The first kappa shape index (κ1) is 12.1. The first-order valence-corrected chi connectivity index (χ1v) is 6.08. The molecule has 4 nitrogen and oxygen atoms in total. The molecule has 2 N–H and O–H groups in total. The zero-order chi connectivity index (χ0) is 12.1. The smallest absolute Gasteiger partial charge is 0.130 e. The molecule has 0 aliphatic heterocycles. The highest BCUT2D eigenvalue weighted by Crippen LogP contribution is 2.24. The summed E-state index contributed by atoms with van der Waals surface area (Å²) in [6, 6.07) is 5.90. The lowest BCUT2D eigenvalue weighted by Crippen LogP contribution is -2.05. The van der Waals surface area contributed by atoms with Crippen molar-refractivity contribution in [1.82, 2.24) is 5.16 Å². The Morgan fingerprint density at radius 1 is 1.41 bits per heavy atom. The van der Waals surface area contributed by atoms with Crippen LogP contribution in [0.3, 0.4) is 0 Å². The first-order chi connectivity index (χ1) is 8.29. The van der Waals surface area contributed by atoms with Crippen LogP contribution in [0.2, 0.25) is 0 Å². The summed E-state index contributed by atoms with van der Waals surface area (Å²) in [6.07, 6.45) is 4.00. The molecule has 2 aromatic rings. The second-order valence-corrected chi connectivity index (χ2v) is 4.53. The van der Waals surface area contributed by atoms with E-state index in [9.17, 15) is 0 Å². The third-order valence-corrected chi connectivity index (χ3v) is 2.81. The van der Waals surface area contributed by atoms with Crippen LogP contribution in [0, 0.1) is 0 Å². The number of nitrogens with zero attached hydrogens (tertiary/aromatic N) is 1. The molecule has 0 amide bonds. The molecule has 1 aromatic carbocycles. The van der Waals surface area contributed by atoms with Gasteiger partial charge in [0.2, 0.25) is 0 Å². The lowest BCUT2D eigenvalue weighted by molar-refractivity contribution is 0.301. The number of halogens is 1. The van der Waals surface area contributed by atoms with E-state index in [1.54, 1.807) is 12.5 Å². The number of hydrogen-bond donors (Lipinski definition) is 1. The van der Waals surface area contributed by atoms with Crippen LogP contribution in [-0.2, 0) is 13.0 Å². The van der Waals surface area contributed by atoms with E-state index in [4.69, 9.17) is 15.0 Å². The van der Waals surface area contributed by atoms with Gasteiger partial charge in [-0.2, -0.15) is 0 Å². The third-order valence-electron chi connectivity index (χ3n) is 2.31. The number of rotatable bonds is 5. The Bertz CT molecular complexity index is 471. The molecule has 1 heterocycles. The standard InChI is InChI=1S/C12H13BrN2O2/c13-11-1-2-12(10(5-11)3-4-14)16-7-9-6-15-17-8-9/h1-2,5-6,8H,3-4,7,14H2. The van der Waals surface area contributed by atoms with Gasteiger partial charge >= 0.3 is 0 Å². The van der Waals surface area contributed by atoms with Crippen LogP contribution in [-0.4, -0.2) is 11.7 Å². The minimum atomic E-state index is 0.447. The highest BCUT2D eigenvalue weighted by molar-refractivity contribution is 9.10. The van der Waals surface area contributed by atoms with Gasteiger partial charge in [0.1, 0.15) is 18.6 Å². The maximum Gasteiger partial charge on any atom is 0.130 e. The van der Waals surface area contributed by atoms with E-state index in [2.05, 4.69) is 21.1 Å². The van der Waals surface area contributed by atoms with Gasteiger partial charge in [0.25, 0.3) is 0 Å². The molecule has 5 heteroatoms. The van der Waals surface area contributed by atoms with E-state index >= 15 is 0 Å². The maximum absolute atomic E-state index is 5.71. The highest BCUT2D eigenvalue weighted by atomic mass is 79.9. The average molecular weight is 297 g/mol. The van der Waals surface area contributed by atoms with Crippen molar-refractivity contribution < 1.29 is 9.26 Å². The summed E-state index contributed by atoms with van der Waals surface area (Å²) < 4.78 is 11.5. The van der Waals surface area contributed by atoms with E-state index in [0.29, 0.717) is 13.2 Å². The molecule has 0 saturated carbocycles. The Labute approximate surface area is 108 Å². The van der Waals surface area contributed by atoms with Crippen LogP contribution in [0.5, 0.6) is 5.75 Å². The topological polar surface area (TPSA) is 61.3 Å². The SMILES string of the molecule is NCCc1cc(Br)ccc1OCc1cnoc1. The van der Waals surface area contributed by atoms with Crippen LogP contribution in [0.25, 0.3) is 0 Å². The molecular formula is C12H13BrN2O2. The normalized spacial score (nSPS) is 10.5. The molecule has 0 aliphatic rings. The van der Waals surface area contributed by atoms with E-state index in [0.717, 1.165) is 27.8 Å². The predicted octanol–water partition coefficient (Wildman–Crippen LogP) is 2.52. The minimum Gasteiger partial charge on any atom is -0.488 e.